The van der Waals surface area contributed by atoms with Crippen molar-refractivity contribution in [2.45, 2.75) is 6.92 Å². The highest BCUT2D eigenvalue weighted by Crippen LogP contribution is 2.33. The van der Waals surface area contributed by atoms with Crippen molar-refractivity contribution in [3.8, 4) is 23.0 Å². The quantitative estimate of drug-likeness (QED) is 0.347. The van der Waals surface area contributed by atoms with Crippen LogP contribution in [0, 0.1) is 6.92 Å². The van der Waals surface area contributed by atoms with Gasteiger partial charge in [-0.2, -0.15) is 0 Å². The second-order valence-electron chi connectivity index (χ2n) is 7.66. The fourth-order valence-corrected chi connectivity index (χ4v) is 3.89. The van der Waals surface area contributed by atoms with Crippen molar-refractivity contribution in [2.75, 3.05) is 33.8 Å². The third kappa shape index (κ3) is 4.38. The smallest absolute Gasteiger partial charge is 0.263 e. The number of benzene rings is 3. The van der Waals surface area contributed by atoms with E-state index in [1.54, 1.807) is 61.5 Å². The van der Waals surface area contributed by atoms with Gasteiger partial charge in [0.15, 0.2) is 17.3 Å². The molecule has 4 rings (SSSR count). The molecule has 1 heterocycles. The average molecular weight is 475 g/mol. The van der Waals surface area contributed by atoms with E-state index in [1.165, 1.54) is 28.4 Å². The fraction of sp³-hybridized carbons (Fsp3) is 0.185. The molecule has 0 fully saturated rings. The molecule has 0 aliphatic rings. The number of hydrogen-bond donors (Lipinski definition) is 1. The monoisotopic (exact) mass is 475 g/mol. The molecule has 0 spiro atoms. The summed E-state index contributed by atoms with van der Waals surface area (Å²) >= 11 is 0. The zero-order valence-corrected chi connectivity index (χ0v) is 20.1. The summed E-state index contributed by atoms with van der Waals surface area (Å²) in [5, 5.41) is 3.58. The molecular weight excluding hydrogens is 450 g/mol. The molecule has 0 atom stereocenters. The minimum atomic E-state index is -0.388. The summed E-state index contributed by atoms with van der Waals surface area (Å²) in [4.78, 5) is 26.2. The lowest BCUT2D eigenvalue weighted by Crippen LogP contribution is -2.14. The second kappa shape index (κ2) is 9.80. The van der Waals surface area contributed by atoms with Gasteiger partial charge in [0.05, 0.1) is 28.4 Å². The summed E-state index contributed by atoms with van der Waals surface area (Å²) in [6, 6.07) is 15.2. The number of methoxy groups -OCH3 is 4. The van der Waals surface area contributed by atoms with E-state index >= 15 is 0 Å². The number of carbonyl (C=O) groups excluding carboxylic acids is 2. The predicted molar refractivity (Wildman–Crippen MR) is 131 cm³/mol. The first-order chi connectivity index (χ1) is 16.9. The van der Waals surface area contributed by atoms with Crippen LogP contribution in [-0.2, 0) is 0 Å². The number of aryl methyl sites for hydroxylation is 1. The van der Waals surface area contributed by atoms with Crippen LogP contribution in [-0.4, -0.2) is 40.1 Å². The maximum absolute atomic E-state index is 13.2. The van der Waals surface area contributed by atoms with Crippen LogP contribution in [0.2, 0.25) is 0 Å². The van der Waals surface area contributed by atoms with E-state index in [2.05, 4.69) is 5.32 Å². The molecule has 0 bridgehead atoms. The summed E-state index contributed by atoms with van der Waals surface area (Å²) in [6.45, 7) is 1.80. The van der Waals surface area contributed by atoms with E-state index in [1.807, 2.05) is 0 Å². The Morgan fingerprint density at radius 3 is 2.06 bits per heavy atom. The molecule has 180 valence electrons. The molecular formula is C27H25NO7. The average Bonchev–Trinajstić information content (AvgIpc) is 3.22. The molecule has 1 aromatic heterocycles. The summed E-state index contributed by atoms with van der Waals surface area (Å²) in [6.07, 6.45) is 0. The van der Waals surface area contributed by atoms with Gasteiger partial charge in [-0.15, -0.1) is 0 Å². The van der Waals surface area contributed by atoms with Crippen LogP contribution in [0.1, 0.15) is 32.0 Å². The molecule has 0 saturated carbocycles. The van der Waals surface area contributed by atoms with E-state index in [0.717, 1.165) is 0 Å². The normalized spacial score (nSPS) is 10.7. The number of ether oxygens (including phenoxy) is 4. The Kier molecular flexibility index (Phi) is 6.64. The van der Waals surface area contributed by atoms with E-state index < -0.39 is 0 Å². The minimum absolute atomic E-state index is 0.210. The topological polar surface area (TPSA) is 96.2 Å². The maximum atomic E-state index is 13.2. The van der Waals surface area contributed by atoms with Crippen LogP contribution in [0.15, 0.2) is 59.0 Å². The molecule has 0 aliphatic heterocycles. The van der Waals surface area contributed by atoms with Crippen molar-refractivity contribution >= 4 is 28.3 Å². The molecule has 8 nitrogen and oxygen atoms in total. The van der Waals surface area contributed by atoms with Crippen molar-refractivity contribution in [2.24, 2.45) is 0 Å². The van der Waals surface area contributed by atoms with Gasteiger partial charge in [-0.05, 0) is 55.5 Å². The lowest BCUT2D eigenvalue weighted by molar-refractivity contribution is 0.100. The first-order valence-electron chi connectivity index (χ1n) is 10.7. The Labute approximate surface area is 202 Å². The lowest BCUT2D eigenvalue weighted by atomic mass is 10.0. The second-order valence-corrected chi connectivity index (χ2v) is 7.66. The Morgan fingerprint density at radius 1 is 0.771 bits per heavy atom. The molecule has 1 amide bonds. The van der Waals surface area contributed by atoms with Crippen LogP contribution in [0.25, 0.3) is 11.0 Å². The zero-order valence-electron chi connectivity index (χ0n) is 20.1. The molecule has 0 radical (unpaired) electrons. The number of hydrogen-bond acceptors (Lipinski definition) is 7. The van der Waals surface area contributed by atoms with Gasteiger partial charge < -0.3 is 28.7 Å². The molecule has 35 heavy (non-hydrogen) atoms. The molecule has 0 saturated heterocycles. The van der Waals surface area contributed by atoms with Gasteiger partial charge in [0.1, 0.15) is 22.6 Å². The molecule has 0 unspecified atom stereocenters. The molecule has 0 aliphatic carbocycles. The van der Waals surface area contributed by atoms with Crippen LogP contribution in [0.4, 0.5) is 5.69 Å². The van der Waals surface area contributed by atoms with Crippen LogP contribution in [0.5, 0.6) is 23.0 Å². The van der Waals surface area contributed by atoms with Gasteiger partial charge in [-0.25, -0.2) is 0 Å². The van der Waals surface area contributed by atoms with Crippen molar-refractivity contribution in [1.82, 2.24) is 0 Å². The van der Waals surface area contributed by atoms with Crippen molar-refractivity contribution < 1.29 is 33.0 Å². The molecule has 1 N–H and O–H groups in total. The van der Waals surface area contributed by atoms with Gasteiger partial charge in [0.2, 0.25) is 5.78 Å². The lowest BCUT2D eigenvalue weighted by Gasteiger charge is -2.13. The standard InChI is InChI=1S/C27H25NO7/c1-15-18-14-17(28-27(30)24-21(32-3)7-6-8-22(24)33-4)10-12-19(18)35-26(15)25(29)16-9-11-20(31-2)23(13-16)34-5/h6-14H,1-5H3,(H,28,30). The van der Waals surface area contributed by atoms with Gasteiger partial charge in [0.25, 0.3) is 5.91 Å². The number of ketones is 1. The van der Waals surface area contributed by atoms with Gasteiger partial charge in [-0.3, -0.25) is 9.59 Å². The molecule has 3 aromatic carbocycles. The Balaban J connectivity index is 1.66. The van der Waals surface area contributed by atoms with Gasteiger partial charge in [-0.1, -0.05) is 6.07 Å². The molecule has 8 heteroatoms. The fourth-order valence-electron chi connectivity index (χ4n) is 3.89. The summed E-state index contributed by atoms with van der Waals surface area (Å²) in [5.74, 6) is 1.30. The van der Waals surface area contributed by atoms with E-state index in [9.17, 15) is 9.59 Å². The SMILES string of the molecule is COc1ccc(C(=O)c2oc3ccc(NC(=O)c4c(OC)cccc4OC)cc3c2C)cc1OC. The Bertz CT molecular complexity index is 1400. The number of rotatable bonds is 8. The number of anilines is 1. The van der Waals surface area contributed by atoms with Crippen LogP contribution >= 0.6 is 0 Å². The largest absolute Gasteiger partial charge is 0.496 e. The highest BCUT2D eigenvalue weighted by molar-refractivity contribution is 6.12. The van der Waals surface area contributed by atoms with Crippen molar-refractivity contribution in [1.29, 1.82) is 0 Å². The highest BCUT2D eigenvalue weighted by Gasteiger charge is 2.22. The summed E-state index contributed by atoms with van der Waals surface area (Å²) < 4.78 is 27.1. The molecule has 4 aromatic rings. The predicted octanol–water partition coefficient (Wildman–Crippen LogP) is 5.26. The third-order valence-corrected chi connectivity index (χ3v) is 5.70. The van der Waals surface area contributed by atoms with E-state index in [4.69, 9.17) is 23.4 Å². The Morgan fingerprint density at radius 2 is 1.43 bits per heavy atom. The van der Waals surface area contributed by atoms with Crippen molar-refractivity contribution in [3.63, 3.8) is 0 Å². The first kappa shape index (κ1) is 23.7. The number of amides is 1. The summed E-state index contributed by atoms with van der Waals surface area (Å²) in [7, 11) is 6.02. The minimum Gasteiger partial charge on any atom is -0.496 e. The number of furan rings is 1. The number of nitrogens with one attached hydrogen (secondary N) is 1. The maximum Gasteiger partial charge on any atom is 0.263 e. The van der Waals surface area contributed by atoms with Crippen LogP contribution in [0.3, 0.4) is 0 Å². The highest BCUT2D eigenvalue weighted by atomic mass is 16.5. The first-order valence-corrected chi connectivity index (χ1v) is 10.7. The van der Waals surface area contributed by atoms with Gasteiger partial charge in [0, 0.05) is 22.2 Å². The summed E-state index contributed by atoms with van der Waals surface area (Å²) in [5.41, 5.74) is 2.40. The number of fused-ring (bicyclic) bond motifs is 1. The zero-order chi connectivity index (χ0) is 25.1. The van der Waals surface area contributed by atoms with Gasteiger partial charge >= 0.3 is 0 Å². The van der Waals surface area contributed by atoms with Crippen LogP contribution < -0.4 is 24.3 Å². The van der Waals surface area contributed by atoms with E-state index in [-0.39, 0.29) is 23.0 Å². The van der Waals surface area contributed by atoms with E-state index in [0.29, 0.717) is 50.8 Å². The van der Waals surface area contributed by atoms with Crippen molar-refractivity contribution in [3.05, 3.63) is 77.0 Å². The Hall–Kier alpha value is -4.46. The number of carbonyl (C=O) groups is 2. The third-order valence-electron chi connectivity index (χ3n) is 5.70.